The Morgan fingerprint density at radius 2 is 2.33 bits per heavy atom. The fraction of sp³-hybridized carbons (Fsp3) is 0.545. The first-order valence-corrected chi connectivity index (χ1v) is 5.12. The van der Waals surface area contributed by atoms with Crippen molar-refractivity contribution in [1.29, 1.82) is 0 Å². The van der Waals surface area contributed by atoms with Crippen LogP contribution in [0.25, 0.3) is 0 Å². The summed E-state index contributed by atoms with van der Waals surface area (Å²) in [5, 5.41) is 0. The second kappa shape index (κ2) is 5.21. The van der Waals surface area contributed by atoms with E-state index in [1.807, 2.05) is 32.9 Å². The molecule has 15 heavy (non-hydrogen) atoms. The highest BCUT2D eigenvalue weighted by molar-refractivity contribution is 5.17. The van der Waals surface area contributed by atoms with E-state index in [0.29, 0.717) is 6.61 Å². The highest BCUT2D eigenvalue weighted by Gasteiger charge is 2.30. The summed E-state index contributed by atoms with van der Waals surface area (Å²) < 4.78 is 5.67. The lowest BCUT2D eigenvalue weighted by Crippen LogP contribution is -2.44. The van der Waals surface area contributed by atoms with Gasteiger partial charge in [-0.25, -0.2) is 0 Å². The third kappa shape index (κ3) is 2.99. The van der Waals surface area contributed by atoms with Gasteiger partial charge in [0.2, 0.25) is 0 Å². The van der Waals surface area contributed by atoms with E-state index in [1.54, 1.807) is 12.4 Å². The van der Waals surface area contributed by atoms with Gasteiger partial charge in [-0.15, -0.1) is 0 Å². The second-order valence-corrected chi connectivity index (χ2v) is 3.92. The molecule has 1 aromatic rings. The number of nitrogens with two attached hydrogens (primary N) is 1. The summed E-state index contributed by atoms with van der Waals surface area (Å²) in [6.45, 7) is 6.64. The number of nitrogens with one attached hydrogen (secondary N) is 1. The number of hydrogen-bond acceptors (Lipinski definition) is 4. The molecule has 4 nitrogen and oxygen atoms in total. The highest BCUT2D eigenvalue weighted by Crippen LogP contribution is 2.27. The van der Waals surface area contributed by atoms with Crippen LogP contribution in [-0.2, 0) is 4.74 Å². The zero-order valence-electron chi connectivity index (χ0n) is 9.53. The first kappa shape index (κ1) is 12.1. The summed E-state index contributed by atoms with van der Waals surface area (Å²) in [7, 11) is 0. The third-order valence-corrected chi connectivity index (χ3v) is 2.40. The molecule has 0 aliphatic carbocycles. The Morgan fingerprint density at radius 1 is 1.60 bits per heavy atom. The molecule has 0 radical (unpaired) electrons. The largest absolute Gasteiger partial charge is 0.374 e. The zero-order chi connectivity index (χ0) is 11.3. The molecule has 0 saturated heterocycles. The molecule has 1 atom stereocenters. The van der Waals surface area contributed by atoms with Gasteiger partial charge in [-0.3, -0.25) is 16.3 Å². The summed E-state index contributed by atoms with van der Waals surface area (Å²) >= 11 is 0. The molecule has 1 aromatic heterocycles. The highest BCUT2D eigenvalue weighted by atomic mass is 16.5. The standard InChI is InChI=1S/C11H19N3O/c1-4-15-11(2,3)10(14-12)9-6-5-7-13-8-9/h5-8,10,14H,4,12H2,1-3H3. The Labute approximate surface area is 90.8 Å². The van der Waals surface area contributed by atoms with E-state index in [2.05, 4.69) is 10.4 Å². The monoisotopic (exact) mass is 209 g/mol. The molecular weight excluding hydrogens is 190 g/mol. The third-order valence-electron chi connectivity index (χ3n) is 2.40. The van der Waals surface area contributed by atoms with Crippen LogP contribution in [-0.4, -0.2) is 17.2 Å². The summed E-state index contributed by atoms with van der Waals surface area (Å²) in [5.41, 5.74) is 3.45. The average Bonchev–Trinajstić information content (AvgIpc) is 2.19. The van der Waals surface area contributed by atoms with Crippen molar-refractivity contribution in [3.8, 4) is 0 Å². The van der Waals surface area contributed by atoms with Crippen molar-refractivity contribution >= 4 is 0 Å². The van der Waals surface area contributed by atoms with E-state index in [1.165, 1.54) is 0 Å². The number of hydrogen-bond donors (Lipinski definition) is 2. The fourth-order valence-corrected chi connectivity index (χ4v) is 1.70. The predicted molar refractivity (Wildman–Crippen MR) is 60.0 cm³/mol. The molecule has 3 N–H and O–H groups in total. The van der Waals surface area contributed by atoms with Gasteiger partial charge in [-0.2, -0.15) is 0 Å². The van der Waals surface area contributed by atoms with Crippen LogP contribution < -0.4 is 11.3 Å². The molecule has 84 valence electrons. The van der Waals surface area contributed by atoms with Gasteiger partial charge in [0.1, 0.15) is 0 Å². The van der Waals surface area contributed by atoms with Gasteiger partial charge in [-0.1, -0.05) is 6.07 Å². The lowest BCUT2D eigenvalue weighted by atomic mass is 9.93. The Bertz CT molecular complexity index is 287. The first-order valence-electron chi connectivity index (χ1n) is 5.12. The van der Waals surface area contributed by atoms with Crippen molar-refractivity contribution in [1.82, 2.24) is 10.4 Å². The number of rotatable bonds is 5. The molecule has 0 aliphatic rings. The molecule has 1 rings (SSSR count). The molecule has 0 aromatic carbocycles. The van der Waals surface area contributed by atoms with Crippen LogP contribution in [0.3, 0.4) is 0 Å². The first-order chi connectivity index (χ1) is 7.11. The minimum Gasteiger partial charge on any atom is -0.374 e. The second-order valence-electron chi connectivity index (χ2n) is 3.92. The van der Waals surface area contributed by atoms with Gasteiger partial charge in [-0.05, 0) is 32.4 Å². The maximum absolute atomic E-state index is 5.67. The number of aromatic nitrogens is 1. The summed E-state index contributed by atoms with van der Waals surface area (Å²) in [6, 6.07) is 3.81. The maximum atomic E-state index is 5.67. The Balaban J connectivity index is 2.89. The smallest absolute Gasteiger partial charge is 0.0833 e. The van der Waals surface area contributed by atoms with Crippen molar-refractivity contribution in [3.63, 3.8) is 0 Å². The van der Waals surface area contributed by atoms with Crippen LogP contribution in [0.4, 0.5) is 0 Å². The molecule has 0 fully saturated rings. The van der Waals surface area contributed by atoms with Crippen LogP contribution in [0.15, 0.2) is 24.5 Å². The normalized spacial score (nSPS) is 13.9. The van der Waals surface area contributed by atoms with Gasteiger partial charge < -0.3 is 4.74 Å². The molecule has 4 heteroatoms. The molecular formula is C11H19N3O. The minimum absolute atomic E-state index is 0.0638. The Morgan fingerprint density at radius 3 is 2.80 bits per heavy atom. The van der Waals surface area contributed by atoms with E-state index in [9.17, 15) is 0 Å². The van der Waals surface area contributed by atoms with Crippen molar-refractivity contribution in [2.45, 2.75) is 32.4 Å². The van der Waals surface area contributed by atoms with E-state index < -0.39 is 0 Å². The lowest BCUT2D eigenvalue weighted by Gasteiger charge is -2.33. The molecule has 0 amide bonds. The SMILES string of the molecule is CCOC(C)(C)C(NN)c1cccnc1. The van der Waals surface area contributed by atoms with Crippen LogP contribution in [0, 0.1) is 0 Å². The molecule has 0 spiro atoms. The van der Waals surface area contributed by atoms with Gasteiger partial charge in [0.25, 0.3) is 0 Å². The van der Waals surface area contributed by atoms with E-state index in [-0.39, 0.29) is 11.6 Å². The fourth-order valence-electron chi connectivity index (χ4n) is 1.70. The van der Waals surface area contributed by atoms with E-state index >= 15 is 0 Å². The topological polar surface area (TPSA) is 60.2 Å². The van der Waals surface area contributed by atoms with Crippen LogP contribution in [0.5, 0.6) is 0 Å². The van der Waals surface area contributed by atoms with E-state index in [4.69, 9.17) is 10.6 Å². The lowest BCUT2D eigenvalue weighted by molar-refractivity contribution is -0.0393. The Kier molecular flexibility index (Phi) is 4.20. The van der Waals surface area contributed by atoms with Crippen molar-refractivity contribution < 1.29 is 4.74 Å². The molecule has 0 aliphatic heterocycles. The number of pyridine rings is 1. The van der Waals surface area contributed by atoms with Crippen LogP contribution in [0.1, 0.15) is 32.4 Å². The van der Waals surface area contributed by atoms with Gasteiger partial charge in [0.05, 0.1) is 11.6 Å². The molecule has 1 heterocycles. The van der Waals surface area contributed by atoms with Crippen molar-refractivity contribution in [2.75, 3.05) is 6.61 Å². The maximum Gasteiger partial charge on any atom is 0.0833 e. The van der Waals surface area contributed by atoms with Crippen molar-refractivity contribution in [3.05, 3.63) is 30.1 Å². The molecule has 0 saturated carbocycles. The number of ether oxygens (including phenoxy) is 1. The quantitative estimate of drug-likeness (QED) is 0.568. The molecule has 1 unspecified atom stereocenters. The molecule has 0 bridgehead atoms. The summed E-state index contributed by atoms with van der Waals surface area (Å²) in [4.78, 5) is 4.08. The van der Waals surface area contributed by atoms with Crippen LogP contribution in [0.2, 0.25) is 0 Å². The number of hydrazine groups is 1. The minimum atomic E-state index is -0.355. The van der Waals surface area contributed by atoms with Gasteiger partial charge in [0.15, 0.2) is 0 Å². The van der Waals surface area contributed by atoms with E-state index in [0.717, 1.165) is 5.56 Å². The summed E-state index contributed by atoms with van der Waals surface area (Å²) in [6.07, 6.45) is 3.54. The average molecular weight is 209 g/mol. The van der Waals surface area contributed by atoms with Crippen LogP contribution >= 0.6 is 0 Å². The number of nitrogens with zero attached hydrogens (tertiary/aromatic N) is 1. The summed E-state index contributed by atoms with van der Waals surface area (Å²) in [5.74, 6) is 5.56. The zero-order valence-corrected chi connectivity index (χ0v) is 9.53. The van der Waals surface area contributed by atoms with Crippen molar-refractivity contribution in [2.24, 2.45) is 5.84 Å². The predicted octanol–water partition coefficient (Wildman–Crippen LogP) is 1.40. The van der Waals surface area contributed by atoms with Gasteiger partial charge >= 0.3 is 0 Å². The Hall–Kier alpha value is -0.970. The van der Waals surface area contributed by atoms with Gasteiger partial charge in [0, 0.05) is 19.0 Å².